The lowest BCUT2D eigenvalue weighted by molar-refractivity contribution is -0.137. The number of rotatable bonds is 4. The fourth-order valence-electron chi connectivity index (χ4n) is 6.92. The molecule has 5 aromatic rings. The Labute approximate surface area is 285 Å². The molecule has 2 aliphatic heterocycles. The van der Waals surface area contributed by atoms with Crippen LogP contribution >= 0.6 is 23.4 Å². The Balaban J connectivity index is 1.51. The van der Waals surface area contributed by atoms with E-state index >= 15 is 17.6 Å². The summed E-state index contributed by atoms with van der Waals surface area (Å²) < 4.78 is 78.1. The summed E-state index contributed by atoms with van der Waals surface area (Å²) in [5.41, 5.74) is -2.46. The highest BCUT2D eigenvalue weighted by molar-refractivity contribution is 7.99. The van der Waals surface area contributed by atoms with Crippen LogP contribution in [0.2, 0.25) is 5.02 Å². The Hall–Kier alpha value is -4.50. The number of benzene rings is 2. The molecule has 2 aliphatic rings. The number of piperazine rings is 1. The highest BCUT2D eigenvalue weighted by Crippen LogP contribution is 2.50. The highest BCUT2D eigenvalue weighted by Gasteiger charge is 2.40. The first-order valence-corrected chi connectivity index (χ1v) is 16.6. The van der Waals surface area contributed by atoms with E-state index in [-0.39, 0.29) is 52.9 Å². The molecule has 0 spiro atoms. The number of carbonyl (C=O) groups excluding carboxylic acids is 1. The first-order chi connectivity index (χ1) is 23.3. The molecule has 0 bridgehead atoms. The summed E-state index contributed by atoms with van der Waals surface area (Å²) in [6, 6.07) is 4.30. The highest BCUT2D eigenvalue weighted by atomic mass is 35.5. The SMILES string of the molecule is C=CC(=O)N1[C@H](C)CN(c2nc(=O)n3c4c(c(-c5cc(Cl)c(F)cc5F)c(C(F)(F)F)cc24)SCC(n2ncc4cccnc42)C3)C[C@@H]1C. The van der Waals surface area contributed by atoms with Crippen molar-refractivity contribution in [2.75, 3.05) is 23.7 Å². The minimum Gasteiger partial charge on any atom is -0.352 e. The molecule has 0 radical (unpaired) electrons. The molecular weight excluding hydrogens is 689 g/mol. The molecule has 9 nitrogen and oxygen atoms in total. The molecular formula is C33H27ClF5N7O2S. The average molecular weight is 716 g/mol. The number of alkyl halides is 3. The van der Waals surface area contributed by atoms with Crippen LogP contribution in [0.3, 0.4) is 0 Å². The average Bonchev–Trinajstić information content (AvgIpc) is 3.37. The van der Waals surface area contributed by atoms with Gasteiger partial charge in [0.2, 0.25) is 5.91 Å². The number of aromatic nitrogens is 5. The Morgan fingerprint density at radius 3 is 2.53 bits per heavy atom. The Bertz CT molecular complexity index is 2230. The van der Waals surface area contributed by atoms with Gasteiger partial charge in [-0.1, -0.05) is 18.2 Å². The summed E-state index contributed by atoms with van der Waals surface area (Å²) in [5.74, 6) is -2.56. The number of hydrogen-bond donors (Lipinski definition) is 0. The normalized spacial score (nSPS) is 19.8. The van der Waals surface area contributed by atoms with Crippen molar-refractivity contribution in [2.45, 2.75) is 49.6 Å². The third kappa shape index (κ3) is 5.52. The van der Waals surface area contributed by atoms with Crippen molar-refractivity contribution in [3.63, 3.8) is 0 Å². The number of pyridine rings is 1. The van der Waals surface area contributed by atoms with Crippen LogP contribution in [-0.2, 0) is 17.5 Å². The summed E-state index contributed by atoms with van der Waals surface area (Å²) in [6.07, 6.45) is -0.634. The zero-order valence-electron chi connectivity index (χ0n) is 26.0. The van der Waals surface area contributed by atoms with Gasteiger partial charge in [-0.25, -0.2) is 23.2 Å². The van der Waals surface area contributed by atoms with E-state index in [2.05, 4.69) is 21.6 Å². The molecule has 254 valence electrons. The molecule has 3 atom stereocenters. The number of amides is 1. The van der Waals surface area contributed by atoms with Gasteiger partial charge in [0, 0.05) is 70.0 Å². The molecule has 0 aliphatic carbocycles. The third-order valence-electron chi connectivity index (χ3n) is 8.95. The molecule has 2 aromatic carbocycles. The Morgan fingerprint density at radius 2 is 1.84 bits per heavy atom. The van der Waals surface area contributed by atoms with Crippen LogP contribution in [0.25, 0.3) is 33.1 Å². The molecule has 0 saturated carbocycles. The molecule has 1 saturated heterocycles. The first kappa shape index (κ1) is 33.0. The van der Waals surface area contributed by atoms with Crippen LogP contribution in [0, 0.1) is 11.6 Å². The second-order valence-corrected chi connectivity index (χ2v) is 13.6. The Morgan fingerprint density at radius 1 is 1.10 bits per heavy atom. The van der Waals surface area contributed by atoms with Gasteiger partial charge in [-0.2, -0.15) is 23.3 Å². The van der Waals surface area contributed by atoms with Crippen molar-refractivity contribution in [1.82, 2.24) is 29.2 Å². The molecule has 5 heterocycles. The molecule has 1 fully saturated rings. The van der Waals surface area contributed by atoms with Crippen LogP contribution in [0.5, 0.6) is 0 Å². The van der Waals surface area contributed by atoms with Gasteiger partial charge in [0.15, 0.2) is 5.65 Å². The number of thioether (sulfide) groups is 1. The van der Waals surface area contributed by atoms with E-state index in [0.29, 0.717) is 11.7 Å². The number of nitrogens with zero attached hydrogens (tertiary/aromatic N) is 7. The topological polar surface area (TPSA) is 89.2 Å². The number of carbonyl (C=O) groups is 1. The zero-order chi connectivity index (χ0) is 34.9. The zero-order valence-corrected chi connectivity index (χ0v) is 27.6. The first-order valence-electron chi connectivity index (χ1n) is 15.2. The van der Waals surface area contributed by atoms with Crippen LogP contribution in [0.4, 0.5) is 27.8 Å². The second kappa shape index (κ2) is 12.1. The molecule has 7 rings (SSSR count). The number of fused-ring (bicyclic) bond motifs is 1. The standard InChI is InChI=1S/C33H27ClF5N7O2S/c1-4-26(47)45-16(2)12-43(13-17(45)3)31-21-8-22(33(37,38)39)27(20-9-23(34)25(36)10-24(20)35)29-28(21)44(32(48)42-31)14-19(15-49-29)46-30-18(11-41-46)6-5-7-40-30/h4-11,16-17,19H,1,12-15H2,2-3H3/t16-,17+,19?. The number of anilines is 1. The van der Waals surface area contributed by atoms with Crippen molar-refractivity contribution in [3.05, 3.63) is 88.1 Å². The van der Waals surface area contributed by atoms with Gasteiger partial charge in [0.05, 0.1) is 34.9 Å². The molecule has 1 unspecified atom stereocenters. The van der Waals surface area contributed by atoms with Gasteiger partial charge >= 0.3 is 11.9 Å². The van der Waals surface area contributed by atoms with Crippen LogP contribution in [0.15, 0.2) is 65.1 Å². The maximum atomic E-state index is 15.5. The Kier molecular flexibility index (Phi) is 8.17. The minimum atomic E-state index is -5.02. The van der Waals surface area contributed by atoms with Crippen LogP contribution in [0.1, 0.15) is 25.5 Å². The minimum absolute atomic E-state index is 0.00168. The van der Waals surface area contributed by atoms with Gasteiger partial charge in [0.1, 0.15) is 17.5 Å². The van der Waals surface area contributed by atoms with E-state index in [1.54, 1.807) is 46.8 Å². The molecule has 3 aromatic heterocycles. The van der Waals surface area contributed by atoms with Crippen molar-refractivity contribution >= 4 is 57.0 Å². The molecule has 1 amide bonds. The van der Waals surface area contributed by atoms with Crippen molar-refractivity contribution < 1.29 is 26.7 Å². The second-order valence-electron chi connectivity index (χ2n) is 12.1. The van der Waals surface area contributed by atoms with Crippen LogP contribution < -0.4 is 10.6 Å². The lowest BCUT2D eigenvalue weighted by Gasteiger charge is -2.44. The lowest BCUT2D eigenvalue weighted by Crippen LogP contribution is -2.58. The van der Waals surface area contributed by atoms with Crippen molar-refractivity contribution in [2.24, 2.45) is 0 Å². The summed E-state index contributed by atoms with van der Waals surface area (Å²) in [5, 5.41) is 4.66. The van der Waals surface area contributed by atoms with Gasteiger partial charge in [-0.15, -0.1) is 11.8 Å². The van der Waals surface area contributed by atoms with Gasteiger partial charge < -0.3 is 9.80 Å². The fraction of sp³-hybridized carbons (Fsp3) is 0.303. The maximum Gasteiger partial charge on any atom is 0.417 e. The molecule has 16 heteroatoms. The predicted octanol–water partition coefficient (Wildman–Crippen LogP) is 6.72. The number of hydrogen-bond acceptors (Lipinski definition) is 7. The van der Waals surface area contributed by atoms with E-state index in [9.17, 15) is 14.0 Å². The van der Waals surface area contributed by atoms with E-state index in [1.807, 2.05) is 6.07 Å². The van der Waals surface area contributed by atoms with E-state index in [4.69, 9.17) is 11.6 Å². The van der Waals surface area contributed by atoms with Gasteiger partial charge in [-0.05, 0) is 44.2 Å². The number of halogens is 6. The third-order valence-corrected chi connectivity index (χ3v) is 10.5. The van der Waals surface area contributed by atoms with E-state index in [1.165, 1.54) is 10.6 Å². The lowest BCUT2D eigenvalue weighted by atomic mass is 9.95. The fourth-order valence-corrected chi connectivity index (χ4v) is 8.41. The van der Waals surface area contributed by atoms with Crippen LogP contribution in [-0.4, -0.2) is 66.0 Å². The van der Waals surface area contributed by atoms with Gasteiger partial charge in [0.25, 0.3) is 0 Å². The summed E-state index contributed by atoms with van der Waals surface area (Å²) in [6.45, 7) is 7.43. The van der Waals surface area contributed by atoms with E-state index in [0.717, 1.165) is 29.3 Å². The van der Waals surface area contributed by atoms with Gasteiger partial charge in [-0.3, -0.25) is 9.36 Å². The smallest absolute Gasteiger partial charge is 0.352 e. The molecule has 0 N–H and O–H groups in total. The van der Waals surface area contributed by atoms with Crippen molar-refractivity contribution in [3.8, 4) is 11.1 Å². The predicted molar refractivity (Wildman–Crippen MR) is 177 cm³/mol. The summed E-state index contributed by atoms with van der Waals surface area (Å²) in [4.78, 5) is 38.7. The maximum absolute atomic E-state index is 15.5. The van der Waals surface area contributed by atoms with E-state index < -0.39 is 63.3 Å². The summed E-state index contributed by atoms with van der Waals surface area (Å²) >= 11 is 7.01. The monoisotopic (exact) mass is 715 g/mol. The quantitative estimate of drug-likeness (QED) is 0.116. The molecule has 49 heavy (non-hydrogen) atoms. The summed E-state index contributed by atoms with van der Waals surface area (Å²) in [7, 11) is 0. The largest absolute Gasteiger partial charge is 0.417 e. The van der Waals surface area contributed by atoms with Crippen molar-refractivity contribution in [1.29, 1.82) is 0 Å².